The van der Waals surface area contributed by atoms with Crippen molar-refractivity contribution in [2.24, 2.45) is 11.7 Å². The van der Waals surface area contributed by atoms with Gasteiger partial charge in [0.15, 0.2) is 0 Å². The summed E-state index contributed by atoms with van der Waals surface area (Å²) >= 11 is 0. The van der Waals surface area contributed by atoms with E-state index in [1.54, 1.807) is 16.9 Å². The molecule has 1 aromatic heterocycles. The number of hydrogen-bond donors (Lipinski definition) is 1. The van der Waals surface area contributed by atoms with Crippen LogP contribution >= 0.6 is 0 Å². The van der Waals surface area contributed by atoms with Gasteiger partial charge in [-0.15, -0.1) is 0 Å². The third-order valence-electron chi connectivity index (χ3n) is 3.73. The monoisotopic (exact) mass is 280 g/mol. The normalized spacial score (nSPS) is 12.4. The fourth-order valence-corrected chi connectivity index (χ4v) is 2.25. The maximum absolute atomic E-state index is 12.1. The molecule has 0 saturated heterocycles. The average Bonchev–Trinajstić information content (AvgIpc) is 2.45. The Morgan fingerprint density at radius 3 is 2.75 bits per heavy atom. The molecule has 0 aliphatic carbocycles. The van der Waals surface area contributed by atoms with Crippen molar-refractivity contribution in [3.63, 3.8) is 0 Å². The zero-order chi connectivity index (χ0) is 15.0. The molecule has 5 nitrogen and oxygen atoms in total. The van der Waals surface area contributed by atoms with Crippen LogP contribution in [-0.4, -0.2) is 29.9 Å². The van der Waals surface area contributed by atoms with Gasteiger partial charge in [-0.25, -0.2) is 4.68 Å². The number of nitrogens with two attached hydrogens (primary N) is 1. The van der Waals surface area contributed by atoms with Crippen molar-refractivity contribution < 1.29 is 0 Å². The summed E-state index contributed by atoms with van der Waals surface area (Å²) in [5.74, 6) is 0.535. The van der Waals surface area contributed by atoms with Crippen molar-refractivity contribution in [3.8, 4) is 0 Å². The third kappa shape index (κ3) is 4.96. The largest absolute Gasteiger partial charge is 0.372 e. The highest BCUT2D eigenvalue weighted by Crippen LogP contribution is 2.14. The van der Waals surface area contributed by atoms with E-state index in [-0.39, 0.29) is 5.56 Å². The van der Waals surface area contributed by atoms with E-state index in [9.17, 15) is 4.79 Å². The van der Waals surface area contributed by atoms with Crippen LogP contribution in [0.15, 0.2) is 17.1 Å². The van der Waals surface area contributed by atoms with Crippen molar-refractivity contribution >= 4 is 5.69 Å². The first-order chi connectivity index (χ1) is 9.62. The van der Waals surface area contributed by atoms with Gasteiger partial charge in [-0.3, -0.25) is 4.79 Å². The topological polar surface area (TPSA) is 64.2 Å². The fraction of sp³-hybridized carbons (Fsp3) is 0.733. The highest BCUT2D eigenvalue weighted by atomic mass is 16.1. The molecular weight excluding hydrogens is 252 g/mol. The zero-order valence-corrected chi connectivity index (χ0v) is 13.0. The van der Waals surface area contributed by atoms with E-state index in [0.29, 0.717) is 12.5 Å². The maximum atomic E-state index is 12.1. The van der Waals surface area contributed by atoms with Gasteiger partial charge in [-0.2, -0.15) is 5.10 Å². The van der Waals surface area contributed by atoms with Gasteiger partial charge in [0.25, 0.3) is 5.56 Å². The van der Waals surface area contributed by atoms with Gasteiger partial charge in [0.1, 0.15) is 0 Å². The Morgan fingerprint density at radius 1 is 1.45 bits per heavy atom. The first kappa shape index (κ1) is 16.7. The van der Waals surface area contributed by atoms with Gasteiger partial charge in [-0.1, -0.05) is 33.1 Å². The summed E-state index contributed by atoms with van der Waals surface area (Å²) in [6, 6.07) is 1.65. The van der Waals surface area contributed by atoms with E-state index >= 15 is 0 Å². The van der Waals surface area contributed by atoms with Gasteiger partial charge >= 0.3 is 0 Å². The second-order valence-electron chi connectivity index (χ2n) is 5.36. The number of anilines is 1. The standard InChI is InChI=1S/C15H28N4O/c1-4-6-7-13(5-2)12-19-15(20)10-14(11-17-19)18(3)9-8-16/h10-11,13H,4-9,12,16H2,1-3H3. The summed E-state index contributed by atoms with van der Waals surface area (Å²) in [5, 5.41) is 4.30. The fourth-order valence-electron chi connectivity index (χ4n) is 2.25. The molecule has 0 amide bonds. The van der Waals surface area contributed by atoms with Crippen LogP contribution < -0.4 is 16.2 Å². The molecule has 1 unspecified atom stereocenters. The SMILES string of the molecule is CCCCC(CC)Cn1ncc(N(C)CCN)cc1=O. The molecule has 0 aliphatic heterocycles. The predicted octanol–water partition coefficient (Wildman–Crippen LogP) is 1.85. The van der Waals surface area contributed by atoms with E-state index in [2.05, 4.69) is 18.9 Å². The van der Waals surface area contributed by atoms with Crippen LogP contribution in [0, 0.1) is 5.92 Å². The molecule has 114 valence electrons. The molecular formula is C15H28N4O. The Bertz CT molecular complexity index is 444. The van der Waals surface area contributed by atoms with Gasteiger partial charge in [0.05, 0.1) is 11.9 Å². The lowest BCUT2D eigenvalue weighted by Crippen LogP contribution is -2.30. The van der Waals surface area contributed by atoms with Gasteiger partial charge in [0.2, 0.25) is 0 Å². The molecule has 5 heteroatoms. The van der Waals surface area contributed by atoms with Crippen molar-refractivity contribution in [1.82, 2.24) is 9.78 Å². The Kier molecular flexibility index (Phi) is 7.30. The minimum absolute atomic E-state index is 0.0266. The quantitative estimate of drug-likeness (QED) is 0.750. The van der Waals surface area contributed by atoms with E-state index in [4.69, 9.17) is 5.73 Å². The summed E-state index contributed by atoms with van der Waals surface area (Å²) in [6.07, 6.45) is 6.41. The molecule has 1 rings (SSSR count). The molecule has 0 aromatic carbocycles. The lowest BCUT2D eigenvalue weighted by molar-refractivity contribution is 0.363. The number of likely N-dealkylation sites (N-methyl/N-ethyl adjacent to an activating group) is 1. The van der Waals surface area contributed by atoms with Crippen LogP contribution in [0.1, 0.15) is 39.5 Å². The average molecular weight is 280 g/mol. The van der Waals surface area contributed by atoms with Crippen LogP contribution in [-0.2, 0) is 6.54 Å². The molecule has 0 fully saturated rings. The minimum Gasteiger partial charge on any atom is -0.372 e. The van der Waals surface area contributed by atoms with Crippen LogP contribution in [0.4, 0.5) is 5.69 Å². The first-order valence-corrected chi connectivity index (χ1v) is 7.60. The number of aromatic nitrogens is 2. The summed E-state index contributed by atoms with van der Waals surface area (Å²) in [6.45, 7) is 6.37. The molecule has 1 heterocycles. The molecule has 1 atom stereocenters. The lowest BCUT2D eigenvalue weighted by Gasteiger charge is -2.19. The highest BCUT2D eigenvalue weighted by Gasteiger charge is 2.10. The molecule has 1 aromatic rings. The molecule has 0 radical (unpaired) electrons. The van der Waals surface area contributed by atoms with E-state index < -0.39 is 0 Å². The number of rotatable bonds is 9. The van der Waals surface area contributed by atoms with Gasteiger partial charge in [-0.05, 0) is 12.3 Å². The molecule has 0 aliphatic rings. The Labute approximate surface area is 121 Å². The Hall–Kier alpha value is -1.36. The highest BCUT2D eigenvalue weighted by molar-refractivity contribution is 5.41. The summed E-state index contributed by atoms with van der Waals surface area (Å²) < 4.78 is 1.59. The first-order valence-electron chi connectivity index (χ1n) is 7.60. The van der Waals surface area contributed by atoms with E-state index in [0.717, 1.165) is 31.6 Å². The van der Waals surface area contributed by atoms with Crippen LogP contribution in [0.2, 0.25) is 0 Å². The van der Waals surface area contributed by atoms with Crippen LogP contribution in [0.25, 0.3) is 0 Å². The molecule has 0 spiro atoms. The van der Waals surface area contributed by atoms with Gasteiger partial charge in [0, 0.05) is 32.7 Å². The molecule has 2 N–H and O–H groups in total. The number of nitrogens with zero attached hydrogens (tertiary/aromatic N) is 3. The minimum atomic E-state index is -0.0266. The Morgan fingerprint density at radius 2 is 2.20 bits per heavy atom. The van der Waals surface area contributed by atoms with Crippen molar-refractivity contribution in [1.29, 1.82) is 0 Å². The molecule has 0 saturated carbocycles. The third-order valence-corrected chi connectivity index (χ3v) is 3.73. The van der Waals surface area contributed by atoms with Crippen LogP contribution in [0.3, 0.4) is 0 Å². The second-order valence-corrected chi connectivity index (χ2v) is 5.36. The summed E-state index contributed by atoms with van der Waals surface area (Å²) in [4.78, 5) is 14.1. The number of unbranched alkanes of at least 4 members (excludes halogenated alkanes) is 1. The number of hydrogen-bond acceptors (Lipinski definition) is 4. The van der Waals surface area contributed by atoms with Crippen molar-refractivity contribution in [2.75, 3.05) is 25.0 Å². The lowest BCUT2D eigenvalue weighted by atomic mass is 9.99. The predicted molar refractivity (Wildman–Crippen MR) is 84.1 cm³/mol. The summed E-state index contributed by atoms with van der Waals surface area (Å²) in [7, 11) is 1.92. The van der Waals surface area contributed by atoms with E-state index in [1.165, 1.54) is 12.8 Å². The zero-order valence-electron chi connectivity index (χ0n) is 13.0. The van der Waals surface area contributed by atoms with Crippen molar-refractivity contribution in [3.05, 3.63) is 22.6 Å². The second kappa shape index (κ2) is 8.74. The maximum Gasteiger partial charge on any atom is 0.268 e. The Balaban J connectivity index is 2.74. The smallest absolute Gasteiger partial charge is 0.268 e. The molecule has 20 heavy (non-hydrogen) atoms. The van der Waals surface area contributed by atoms with Gasteiger partial charge < -0.3 is 10.6 Å². The van der Waals surface area contributed by atoms with E-state index in [1.807, 2.05) is 11.9 Å². The van der Waals surface area contributed by atoms with Crippen LogP contribution in [0.5, 0.6) is 0 Å². The summed E-state index contributed by atoms with van der Waals surface area (Å²) in [5.41, 5.74) is 6.32. The molecule has 0 bridgehead atoms. The van der Waals surface area contributed by atoms with Crippen molar-refractivity contribution in [2.45, 2.75) is 46.1 Å².